The van der Waals surface area contributed by atoms with Crippen LogP contribution in [0.3, 0.4) is 0 Å². The number of nitrogens with zero attached hydrogens (tertiary/aromatic N) is 3. The number of hydrogen-bond donors (Lipinski definition) is 2. The van der Waals surface area contributed by atoms with Crippen molar-refractivity contribution in [3.05, 3.63) is 42.2 Å². The van der Waals surface area contributed by atoms with Crippen LogP contribution >= 0.6 is 0 Å². The molecule has 7 nitrogen and oxygen atoms in total. The highest BCUT2D eigenvalue weighted by atomic mass is 16.4. The molecule has 2 aromatic heterocycles. The van der Waals surface area contributed by atoms with Gasteiger partial charge >= 0.3 is 5.97 Å². The highest BCUT2D eigenvalue weighted by molar-refractivity contribution is 5.92. The first-order chi connectivity index (χ1) is 10.1. The second-order valence-electron chi connectivity index (χ2n) is 4.64. The van der Waals surface area contributed by atoms with Gasteiger partial charge in [0.25, 0.3) is 5.91 Å². The van der Waals surface area contributed by atoms with Crippen molar-refractivity contribution in [1.29, 1.82) is 0 Å². The number of hydrogen-bond acceptors (Lipinski definition) is 3. The molecular formula is C14H18N4O3. The van der Waals surface area contributed by atoms with Gasteiger partial charge in [-0.1, -0.05) is 6.92 Å². The first-order valence-corrected chi connectivity index (χ1v) is 6.80. The minimum atomic E-state index is -1.06. The summed E-state index contributed by atoms with van der Waals surface area (Å²) < 4.78 is 3.55. The Hall–Kier alpha value is -2.57. The van der Waals surface area contributed by atoms with E-state index in [1.807, 2.05) is 16.8 Å². The zero-order chi connectivity index (χ0) is 15.2. The first kappa shape index (κ1) is 14.8. The molecule has 2 rings (SSSR count). The summed E-state index contributed by atoms with van der Waals surface area (Å²) in [4.78, 5) is 26.5. The number of rotatable bonds is 7. The summed E-state index contributed by atoms with van der Waals surface area (Å²) in [5, 5.41) is 11.6. The predicted molar refractivity (Wildman–Crippen MR) is 76.2 cm³/mol. The molecule has 0 bridgehead atoms. The Morgan fingerprint density at radius 3 is 2.86 bits per heavy atom. The molecule has 2 aromatic rings. The van der Waals surface area contributed by atoms with Gasteiger partial charge in [0.15, 0.2) is 5.69 Å². The molecule has 112 valence electrons. The second-order valence-corrected chi connectivity index (χ2v) is 4.64. The van der Waals surface area contributed by atoms with E-state index in [0.717, 1.165) is 13.0 Å². The molecule has 0 unspecified atom stereocenters. The van der Waals surface area contributed by atoms with E-state index in [0.29, 0.717) is 18.8 Å². The molecule has 7 heteroatoms. The van der Waals surface area contributed by atoms with E-state index in [-0.39, 0.29) is 11.6 Å². The number of aromatic nitrogens is 3. The second kappa shape index (κ2) is 6.74. The van der Waals surface area contributed by atoms with Crippen LogP contribution in [-0.4, -0.2) is 37.6 Å². The Morgan fingerprint density at radius 1 is 1.38 bits per heavy atom. The lowest BCUT2D eigenvalue weighted by molar-refractivity contribution is 0.0690. The number of nitrogens with one attached hydrogen (secondary N) is 1. The summed E-state index contributed by atoms with van der Waals surface area (Å²) in [5.41, 5.74) is 0.631. The fourth-order valence-electron chi connectivity index (χ4n) is 2.04. The van der Waals surface area contributed by atoms with Crippen LogP contribution in [0.5, 0.6) is 0 Å². The van der Waals surface area contributed by atoms with Crippen molar-refractivity contribution < 1.29 is 14.7 Å². The minimum absolute atomic E-state index is 0.00171. The van der Waals surface area contributed by atoms with E-state index in [4.69, 9.17) is 5.11 Å². The number of amides is 1. The third-order valence-corrected chi connectivity index (χ3v) is 3.03. The maximum absolute atomic E-state index is 12.1. The van der Waals surface area contributed by atoms with Crippen molar-refractivity contribution in [2.75, 3.05) is 6.54 Å². The molecule has 2 N–H and O–H groups in total. The summed E-state index contributed by atoms with van der Waals surface area (Å²) in [6.45, 7) is 3.74. The van der Waals surface area contributed by atoms with Crippen LogP contribution in [0.4, 0.5) is 0 Å². The van der Waals surface area contributed by atoms with E-state index in [2.05, 4.69) is 17.2 Å². The van der Waals surface area contributed by atoms with Crippen molar-refractivity contribution in [3.8, 4) is 0 Å². The highest BCUT2D eigenvalue weighted by Crippen LogP contribution is 2.03. The van der Waals surface area contributed by atoms with Crippen LogP contribution in [0, 0.1) is 0 Å². The van der Waals surface area contributed by atoms with E-state index in [9.17, 15) is 9.59 Å². The van der Waals surface area contributed by atoms with Crippen molar-refractivity contribution in [3.63, 3.8) is 0 Å². The zero-order valence-electron chi connectivity index (χ0n) is 11.8. The fraction of sp³-hybridized carbons (Fsp3) is 0.357. The molecule has 0 aliphatic heterocycles. The van der Waals surface area contributed by atoms with E-state index < -0.39 is 5.97 Å². The molecule has 0 atom stereocenters. The smallest absolute Gasteiger partial charge is 0.356 e. The largest absolute Gasteiger partial charge is 0.476 e. The molecule has 0 fully saturated rings. The Bertz CT molecular complexity index is 630. The minimum Gasteiger partial charge on any atom is -0.476 e. The highest BCUT2D eigenvalue weighted by Gasteiger charge is 2.10. The van der Waals surface area contributed by atoms with Gasteiger partial charge in [-0.2, -0.15) is 0 Å². The van der Waals surface area contributed by atoms with Crippen molar-refractivity contribution in [1.82, 2.24) is 19.4 Å². The molecule has 0 saturated carbocycles. The predicted octanol–water partition coefficient (Wildman–Crippen LogP) is 1.22. The number of carbonyl (C=O) groups is 2. The van der Waals surface area contributed by atoms with Gasteiger partial charge in [-0.25, -0.2) is 9.78 Å². The zero-order valence-corrected chi connectivity index (χ0v) is 11.8. The molecule has 2 heterocycles. The van der Waals surface area contributed by atoms with Crippen LogP contribution in [-0.2, 0) is 13.1 Å². The SMILES string of the molecule is CCCn1cccc1C(=O)NCCn1cnc(C(=O)O)c1. The number of carboxylic acid groups (broad SMARTS) is 1. The van der Waals surface area contributed by atoms with Gasteiger partial charge in [-0.05, 0) is 18.6 Å². The average molecular weight is 290 g/mol. The molecule has 0 aromatic carbocycles. The van der Waals surface area contributed by atoms with Crippen molar-refractivity contribution in [2.45, 2.75) is 26.4 Å². The summed E-state index contributed by atoms with van der Waals surface area (Å²) >= 11 is 0. The Kier molecular flexibility index (Phi) is 4.76. The number of carboxylic acids is 1. The molecule has 0 saturated heterocycles. The lowest BCUT2D eigenvalue weighted by atomic mass is 10.3. The normalized spacial score (nSPS) is 10.5. The summed E-state index contributed by atoms with van der Waals surface area (Å²) in [6, 6.07) is 3.63. The Balaban J connectivity index is 1.86. The monoisotopic (exact) mass is 290 g/mol. The molecule has 0 aliphatic rings. The van der Waals surface area contributed by atoms with Gasteiger partial charge in [0, 0.05) is 32.0 Å². The molecule has 21 heavy (non-hydrogen) atoms. The summed E-state index contributed by atoms with van der Waals surface area (Å²) in [6.07, 6.45) is 5.72. The van der Waals surface area contributed by atoms with Crippen molar-refractivity contribution >= 4 is 11.9 Å². The number of carbonyl (C=O) groups excluding carboxylic acids is 1. The lowest BCUT2D eigenvalue weighted by Crippen LogP contribution is -2.28. The standard InChI is InChI=1S/C14H18N4O3/c1-2-6-18-7-3-4-12(18)13(19)15-5-8-17-9-11(14(20)21)16-10-17/h3-4,7,9-10H,2,5-6,8H2,1H3,(H,15,19)(H,20,21). The van der Waals surface area contributed by atoms with E-state index >= 15 is 0 Å². The van der Waals surface area contributed by atoms with Crippen LogP contribution < -0.4 is 5.32 Å². The van der Waals surface area contributed by atoms with Crippen LogP contribution in [0.2, 0.25) is 0 Å². The van der Waals surface area contributed by atoms with Gasteiger partial charge < -0.3 is 19.6 Å². The topological polar surface area (TPSA) is 89.2 Å². The van der Waals surface area contributed by atoms with Crippen LogP contribution in [0.15, 0.2) is 30.9 Å². The van der Waals surface area contributed by atoms with Gasteiger partial charge in [0.05, 0.1) is 6.33 Å². The number of aromatic carboxylic acids is 1. The van der Waals surface area contributed by atoms with E-state index in [1.54, 1.807) is 10.6 Å². The van der Waals surface area contributed by atoms with Crippen LogP contribution in [0.25, 0.3) is 0 Å². The van der Waals surface area contributed by atoms with Crippen LogP contribution in [0.1, 0.15) is 34.3 Å². The Labute approximate surface area is 122 Å². The quantitative estimate of drug-likeness (QED) is 0.802. The maximum Gasteiger partial charge on any atom is 0.356 e. The summed E-state index contributed by atoms with van der Waals surface area (Å²) in [7, 11) is 0. The molecule has 1 amide bonds. The van der Waals surface area contributed by atoms with Gasteiger partial charge in [0.2, 0.25) is 0 Å². The Morgan fingerprint density at radius 2 is 2.19 bits per heavy atom. The first-order valence-electron chi connectivity index (χ1n) is 6.80. The maximum atomic E-state index is 12.1. The van der Waals surface area contributed by atoms with Gasteiger partial charge in [-0.3, -0.25) is 4.79 Å². The third-order valence-electron chi connectivity index (χ3n) is 3.03. The molecule has 0 radical (unpaired) electrons. The lowest BCUT2D eigenvalue weighted by Gasteiger charge is -2.09. The molecular weight excluding hydrogens is 272 g/mol. The number of imidazole rings is 1. The average Bonchev–Trinajstić information content (AvgIpc) is 3.08. The van der Waals surface area contributed by atoms with Crippen molar-refractivity contribution in [2.24, 2.45) is 0 Å². The number of aryl methyl sites for hydroxylation is 1. The summed E-state index contributed by atoms with van der Waals surface area (Å²) in [5.74, 6) is -1.19. The molecule has 0 spiro atoms. The van der Waals surface area contributed by atoms with Gasteiger partial charge in [0.1, 0.15) is 5.69 Å². The third kappa shape index (κ3) is 3.71. The van der Waals surface area contributed by atoms with E-state index in [1.165, 1.54) is 12.5 Å². The van der Waals surface area contributed by atoms with Gasteiger partial charge in [-0.15, -0.1) is 0 Å². The fourth-order valence-corrected chi connectivity index (χ4v) is 2.04. The molecule has 0 aliphatic carbocycles.